The minimum Gasteiger partial charge on any atom is -0.394 e. The van der Waals surface area contributed by atoms with Gasteiger partial charge in [0.05, 0.1) is 18.1 Å². The van der Waals surface area contributed by atoms with Crippen LogP contribution in [0.3, 0.4) is 0 Å². The van der Waals surface area contributed by atoms with Gasteiger partial charge in [0.15, 0.2) is 0 Å². The molecule has 22 heavy (non-hydrogen) atoms. The Kier molecular flexibility index (Phi) is 6.40. The first-order valence-electron chi connectivity index (χ1n) is 8.26. The average Bonchev–Trinajstić information content (AvgIpc) is 3.03. The summed E-state index contributed by atoms with van der Waals surface area (Å²) in [4.78, 5) is 12.8. The number of benzene rings is 1. The van der Waals surface area contributed by atoms with E-state index in [0.717, 1.165) is 37.7 Å². The van der Waals surface area contributed by atoms with Crippen LogP contribution in [-0.2, 0) is 9.53 Å². The van der Waals surface area contributed by atoms with E-state index in [4.69, 9.17) is 4.74 Å². The fourth-order valence-corrected chi connectivity index (χ4v) is 3.29. The van der Waals surface area contributed by atoms with Gasteiger partial charge in [-0.15, -0.1) is 0 Å². The second kappa shape index (κ2) is 8.30. The summed E-state index contributed by atoms with van der Waals surface area (Å²) in [6, 6.07) is 9.30. The van der Waals surface area contributed by atoms with Crippen LogP contribution in [0.25, 0.3) is 0 Å². The van der Waals surface area contributed by atoms with Gasteiger partial charge in [-0.3, -0.25) is 4.79 Å². The summed E-state index contributed by atoms with van der Waals surface area (Å²) in [5.74, 6) is 0.0626. The van der Waals surface area contributed by atoms with Crippen molar-refractivity contribution < 1.29 is 14.6 Å². The third-order valence-electron chi connectivity index (χ3n) is 4.66. The number of aliphatic hydroxyl groups is 1. The Labute approximate surface area is 132 Å². The monoisotopic (exact) mass is 305 g/mol. The minimum absolute atomic E-state index is 0.0626. The molecule has 0 aromatic heterocycles. The van der Waals surface area contributed by atoms with Crippen molar-refractivity contribution in [3.63, 3.8) is 0 Å². The maximum atomic E-state index is 12.8. The summed E-state index contributed by atoms with van der Waals surface area (Å²) in [5.41, 5.74) is 0.619. The fraction of sp³-hybridized carbons (Fsp3) is 0.611. The molecule has 1 aliphatic carbocycles. The van der Waals surface area contributed by atoms with Crippen molar-refractivity contribution in [3.05, 3.63) is 35.9 Å². The zero-order valence-corrected chi connectivity index (χ0v) is 13.4. The van der Waals surface area contributed by atoms with Gasteiger partial charge in [-0.05, 0) is 31.7 Å². The molecular formula is C18H27NO3. The van der Waals surface area contributed by atoms with Gasteiger partial charge in [-0.2, -0.15) is 0 Å². The van der Waals surface area contributed by atoms with Gasteiger partial charge in [-0.1, -0.05) is 43.2 Å². The second-order valence-corrected chi connectivity index (χ2v) is 6.05. The van der Waals surface area contributed by atoms with Gasteiger partial charge in [-0.25, -0.2) is 0 Å². The number of ether oxygens (including phenoxy) is 1. The highest BCUT2D eigenvalue weighted by Crippen LogP contribution is 2.41. The van der Waals surface area contributed by atoms with Gasteiger partial charge in [0, 0.05) is 13.2 Å². The Bertz CT molecular complexity index is 455. The first kappa shape index (κ1) is 17.0. The molecule has 1 fully saturated rings. The molecule has 1 atom stereocenters. The zero-order valence-electron chi connectivity index (χ0n) is 13.4. The third kappa shape index (κ3) is 4.08. The molecule has 0 bridgehead atoms. The summed E-state index contributed by atoms with van der Waals surface area (Å²) in [5, 5.41) is 12.7. The molecular weight excluding hydrogens is 278 g/mol. The lowest BCUT2D eigenvalue weighted by atomic mass is 9.81. The molecule has 2 N–H and O–H groups in total. The average molecular weight is 305 g/mol. The lowest BCUT2D eigenvalue weighted by molar-refractivity contribution is -0.133. The van der Waals surface area contributed by atoms with Crippen molar-refractivity contribution in [1.29, 1.82) is 0 Å². The highest BCUT2D eigenvalue weighted by Gasteiger charge is 2.41. The second-order valence-electron chi connectivity index (χ2n) is 6.05. The normalized spacial score (nSPS) is 18.1. The molecule has 2 rings (SSSR count). The Balaban J connectivity index is 2.03. The van der Waals surface area contributed by atoms with Gasteiger partial charge in [0.25, 0.3) is 0 Å². The highest BCUT2D eigenvalue weighted by atomic mass is 16.5. The quantitative estimate of drug-likeness (QED) is 0.726. The van der Waals surface area contributed by atoms with E-state index in [0.29, 0.717) is 13.2 Å². The number of carbonyl (C=O) groups is 1. The van der Waals surface area contributed by atoms with Crippen LogP contribution in [0.4, 0.5) is 0 Å². The molecule has 0 unspecified atom stereocenters. The number of amides is 1. The topological polar surface area (TPSA) is 58.6 Å². The molecule has 1 aromatic rings. The van der Waals surface area contributed by atoms with E-state index in [-0.39, 0.29) is 24.0 Å². The van der Waals surface area contributed by atoms with Crippen molar-refractivity contribution >= 4 is 5.91 Å². The summed E-state index contributed by atoms with van der Waals surface area (Å²) < 4.78 is 5.46. The van der Waals surface area contributed by atoms with E-state index < -0.39 is 0 Å². The van der Waals surface area contributed by atoms with Gasteiger partial charge in [0.2, 0.25) is 5.91 Å². The Hall–Kier alpha value is -1.39. The number of rotatable bonds is 8. The van der Waals surface area contributed by atoms with Crippen LogP contribution >= 0.6 is 0 Å². The van der Waals surface area contributed by atoms with E-state index >= 15 is 0 Å². The molecule has 0 radical (unpaired) electrons. The SMILES string of the molecule is CCOCCC1(C(=O)N[C@H](CO)c2ccccc2)CCCC1. The van der Waals surface area contributed by atoms with Crippen LogP contribution in [-0.4, -0.2) is 30.8 Å². The van der Waals surface area contributed by atoms with E-state index in [1.807, 2.05) is 37.3 Å². The molecule has 4 nitrogen and oxygen atoms in total. The van der Waals surface area contributed by atoms with Crippen LogP contribution in [0, 0.1) is 5.41 Å². The maximum Gasteiger partial charge on any atom is 0.226 e. The van der Waals surface area contributed by atoms with E-state index in [1.54, 1.807) is 0 Å². The van der Waals surface area contributed by atoms with Crippen LogP contribution in [0.5, 0.6) is 0 Å². The third-order valence-corrected chi connectivity index (χ3v) is 4.66. The fourth-order valence-electron chi connectivity index (χ4n) is 3.29. The van der Waals surface area contributed by atoms with E-state index in [9.17, 15) is 9.90 Å². The molecule has 0 heterocycles. The predicted octanol–water partition coefficient (Wildman–Crippen LogP) is 2.82. The number of aliphatic hydroxyl groups excluding tert-OH is 1. The molecule has 1 amide bonds. The largest absolute Gasteiger partial charge is 0.394 e. The molecule has 1 aromatic carbocycles. The van der Waals surface area contributed by atoms with Crippen LogP contribution < -0.4 is 5.32 Å². The molecule has 1 saturated carbocycles. The Morgan fingerprint density at radius 3 is 2.59 bits per heavy atom. The molecule has 1 aliphatic rings. The number of hydrogen-bond acceptors (Lipinski definition) is 3. The molecule has 0 spiro atoms. The van der Waals surface area contributed by atoms with E-state index in [2.05, 4.69) is 5.32 Å². The van der Waals surface area contributed by atoms with Crippen molar-refractivity contribution in [2.45, 2.75) is 45.1 Å². The smallest absolute Gasteiger partial charge is 0.226 e. The maximum absolute atomic E-state index is 12.8. The van der Waals surface area contributed by atoms with Gasteiger partial charge >= 0.3 is 0 Å². The Morgan fingerprint density at radius 1 is 1.32 bits per heavy atom. The summed E-state index contributed by atoms with van der Waals surface area (Å²) in [7, 11) is 0. The van der Waals surface area contributed by atoms with Gasteiger partial charge in [0.1, 0.15) is 0 Å². The predicted molar refractivity (Wildman–Crippen MR) is 86.4 cm³/mol. The molecule has 122 valence electrons. The lowest BCUT2D eigenvalue weighted by Crippen LogP contribution is -2.42. The first-order chi connectivity index (χ1) is 10.7. The minimum atomic E-state index is -0.335. The van der Waals surface area contributed by atoms with Crippen molar-refractivity contribution in [3.8, 4) is 0 Å². The number of nitrogens with one attached hydrogen (secondary N) is 1. The van der Waals surface area contributed by atoms with Crippen molar-refractivity contribution in [1.82, 2.24) is 5.32 Å². The van der Waals surface area contributed by atoms with Gasteiger partial charge < -0.3 is 15.2 Å². The summed E-state index contributed by atoms with van der Waals surface area (Å²) in [6.07, 6.45) is 4.78. The Morgan fingerprint density at radius 2 is 2.00 bits per heavy atom. The lowest BCUT2D eigenvalue weighted by Gasteiger charge is -2.30. The summed E-state index contributed by atoms with van der Waals surface area (Å²) in [6.45, 7) is 3.19. The zero-order chi connectivity index (χ0) is 15.8. The van der Waals surface area contributed by atoms with Crippen molar-refractivity contribution in [2.75, 3.05) is 19.8 Å². The highest BCUT2D eigenvalue weighted by molar-refractivity contribution is 5.83. The molecule has 0 saturated heterocycles. The number of carbonyl (C=O) groups excluding carboxylic acids is 1. The molecule has 4 heteroatoms. The standard InChI is InChI=1S/C18H27NO3/c1-2-22-13-12-18(10-6-7-11-18)17(21)19-16(14-20)15-8-4-3-5-9-15/h3-5,8-9,16,20H,2,6-7,10-14H2,1H3,(H,19,21)/t16-/m1/s1. The van der Waals surface area contributed by atoms with Crippen LogP contribution in [0.1, 0.15) is 50.6 Å². The van der Waals surface area contributed by atoms with Crippen LogP contribution in [0.2, 0.25) is 0 Å². The van der Waals surface area contributed by atoms with E-state index in [1.165, 1.54) is 0 Å². The number of hydrogen-bond donors (Lipinski definition) is 2. The molecule has 0 aliphatic heterocycles. The van der Waals surface area contributed by atoms with Crippen molar-refractivity contribution in [2.24, 2.45) is 5.41 Å². The van der Waals surface area contributed by atoms with Crippen LogP contribution in [0.15, 0.2) is 30.3 Å². The first-order valence-corrected chi connectivity index (χ1v) is 8.26. The summed E-state index contributed by atoms with van der Waals surface area (Å²) >= 11 is 0.